The van der Waals surface area contributed by atoms with E-state index in [2.05, 4.69) is 10.3 Å². The molecular formula is C13H21ClN4O2. The van der Waals surface area contributed by atoms with E-state index in [-0.39, 0.29) is 18.5 Å². The molecule has 0 radical (unpaired) electrons. The third-order valence-electron chi connectivity index (χ3n) is 3.64. The van der Waals surface area contributed by atoms with Gasteiger partial charge in [-0.1, -0.05) is 5.21 Å². The molecular weight excluding hydrogens is 280 g/mol. The number of amides is 1. The molecule has 0 aromatic carbocycles. The summed E-state index contributed by atoms with van der Waals surface area (Å²) >= 11 is 5.84. The Balaban J connectivity index is 2.18. The minimum atomic E-state index is -1.13. The predicted octanol–water partition coefficient (Wildman–Crippen LogP) is 1.30. The summed E-state index contributed by atoms with van der Waals surface area (Å²) in [7, 11) is 0. The fraction of sp³-hybridized carbons (Fsp3) is 0.769. The molecule has 1 N–H and O–H groups in total. The van der Waals surface area contributed by atoms with Crippen LogP contribution in [0.15, 0.2) is 6.20 Å². The molecule has 1 aromatic rings. The molecule has 1 saturated heterocycles. The maximum Gasteiger partial charge on any atom is 0.240 e. The number of halogens is 1. The summed E-state index contributed by atoms with van der Waals surface area (Å²) in [4.78, 5) is 13.6. The molecule has 1 aliphatic heterocycles. The summed E-state index contributed by atoms with van der Waals surface area (Å²) in [6.07, 6.45) is 3.05. The summed E-state index contributed by atoms with van der Waals surface area (Å²) < 4.78 is 1.71. The minimum Gasteiger partial charge on any atom is -0.382 e. The molecule has 1 aliphatic rings. The van der Waals surface area contributed by atoms with E-state index in [9.17, 15) is 9.90 Å². The van der Waals surface area contributed by atoms with Crippen LogP contribution in [0.5, 0.6) is 0 Å². The quantitative estimate of drug-likeness (QED) is 0.854. The van der Waals surface area contributed by atoms with Gasteiger partial charge in [-0.25, -0.2) is 4.68 Å². The molecule has 2 unspecified atom stereocenters. The number of rotatable bonds is 3. The van der Waals surface area contributed by atoms with Crippen LogP contribution in [0.3, 0.4) is 0 Å². The summed E-state index contributed by atoms with van der Waals surface area (Å²) in [5, 5.41) is 18.3. The lowest BCUT2D eigenvalue weighted by Gasteiger charge is -2.38. The van der Waals surface area contributed by atoms with Crippen LogP contribution in [0.2, 0.25) is 0 Å². The average Bonchev–Trinajstić information content (AvgIpc) is 2.88. The Kier molecular flexibility index (Phi) is 4.34. The predicted molar refractivity (Wildman–Crippen MR) is 75.4 cm³/mol. The topological polar surface area (TPSA) is 71.2 Å². The molecule has 0 aliphatic carbocycles. The first-order valence-corrected chi connectivity index (χ1v) is 7.34. The van der Waals surface area contributed by atoms with Crippen molar-refractivity contribution in [2.24, 2.45) is 0 Å². The number of aliphatic hydroxyl groups is 1. The first-order chi connectivity index (χ1) is 9.33. The highest BCUT2D eigenvalue weighted by Gasteiger charge is 2.39. The van der Waals surface area contributed by atoms with E-state index in [4.69, 9.17) is 11.6 Å². The number of nitrogens with zero attached hydrogens (tertiary/aromatic N) is 4. The number of carbonyl (C=O) groups is 1. The van der Waals surface area contributed by atoms with Gasteiger partial charge in [-0.15, -0.1) is 16.7 Å². The van der Waals surface area contributed by atoms with Crippen molar-refractivity contribution in [1.29, 1.82) is 0 Å². The lowest BCUT2D eigenvalue weighted by Crippen LogP contribution is -2.50. The number of likely N-dealkylation sites (tertiary alicyclic amines) is 1. The Morgan fingerprint density at radius 2 is 2.20 bits per heavy atom. The van der Waals surface area contributed by atoms with Crippen LogP contribution in [0, 0.1) is 0 Å². The SMILES string of the molecule is CC(Cl)C(=O)N1CCCC(O)(c2cn(C(C)C)nn2)C1. The van der Waals surface area contributed by atoms with Crippen molar-refractivity contribution in [2.45, 2.75) is 50.6 Å². The van der Waals surface area contributed by atoms with E-state index in [0.717, 1.165) is 6.42 Å². The Hall–Kier alpha value is -1.14. The van der Waals surface area contributed by atoms with Gasteiger partial charge in [0.05, 0.1) is 12.7 Å². The van der Waals surface area contributed by atoms with Crippen LogP contribution in [0.4, 0.5) is 0 Å². The summed E-state index contributed by atoms with van der Waals surface area (Å²) in [6.45, 7) is 6.48. The Labute approximate surface area is 123 Å². The summed E-state index contributed by atoms with van der Waals surface area (Å²) in [6, 6.07) is 0.184. The van der Waals surface area contributed by atoms with Gasteiger partial charge in [0.1, 0.15) is 16.7 Å². The van der Waals surface area contributed by atoms with Crippen molar-refractivity contribution >= 4 is 17.5 Å². The fourth-order valence-electron chi connectivity index (χ4n) is 2.43. The van der Waals surface area contributed by atoms with Gasteiger partial charge in [0.2, 0.25) is 5.91 Å². The van der Waals surface area contributed by atoms with Crippen molar-refractivity contribution in [3.8, 4) is 0 Å². The molecule has 0 saturated carbocycles. The van der Waals surface area contributed by atoms with Crippen LogP contribution in [-0.2, 0) is 10.4 Å². The number of β-amino-alcohol motifs (C(OH)–C–C–N with tert-alkyl or cyclic N) is 1. The van der Waals surface area contributed by atoms with Gasteiger partial charge in [0.15, 0.2) is 0 Å². The largest absolute Gasteiger partial charge is 0.382 e. The molecule has 0 spiro atoms. The van der Waals surface area contributed by atoms with Crippen LogP contribution in [-0.4, -0.2) is 49.4 Å². The van der Waals surface area contributed by atoms with Crippen molar-refractivity contribution in [3.63, 3.8) is 0 Å². The van der Waals surface area contributed by atoms with E-state index in [1.165, 1.54) is 0 Å². The van der Waals surface area contributed by atoms with Crippen molar-refractivity contribution in [1.82, 2.24) is 19.9 Å². The Bertz CT molecular complexity index is 488. The molecule has 0 bridgehead atoms. The number of hydrogen-bond acceptors (Lipinski definition) is 4. The van der Waals surface area contributed by atoms with Crippen LogP contribution < -0.4 is 0 Å². The maximum atomic E-state index is 12.0. The van der Waals surface area contributed by atoms with Crippen molar-refractivity contribution in [3.05, 3.63) is 11.9 Å². The van der Waals surface area contributed by atoms with E-state index in [0.29, 0.717) is 18.7 Å². The van der Waals surface area contributed by atoms with E-state index in [1.54, 1.807) is 22.7 Å². The molecule has 1 amide bonds. The number of piperidine rings is 1. The molecule has 2 rings (SSSR count). The maximum absolute atomic E-state index is 12.0. The second-order valence-corrected chi connectivity index (χ2v) is 6.34. The van der Waals surface area contributed by atoms with Crippen LogP contribution >= 0.6 is 11.6 Å². The normalized spacial score (nSPS) is 25.0. The molecule has 7 heteroatoms. The summed E-state index contributed by atoms with van der Waals surface area (Å²) in [5.74, 6) is -0.152. The van der Waals surface area contributed by atoms with Crippen LogP contribution in [0.1, 0.15) is 45.3 Å². The lowest BCUT2D eigenvalue weighted by molar-refractivity contribution is -0.138. The van der Waals surface area contributed by atoms with Crippen molar-refractivity contribution in [2.75, 3.05) is 13.1 Å². The smallest absolute Gasteiger partial charge is 0.240 e. The van der Waals surface area contributed by atoms with E-state index in [1.807, 2.05) is 13.8 Å². The number of alkyl halides is 1. The molecule has 2 atom stereocenters. The first-order valence-electron chi connectivity index (χ1n) is 6.91. The molecule has 1 fully saturated rings. The van der Waals surface area contributed by atoms with Gasteiger partial charge in [0, 0.05) is 12.6 Å². The second-order valence-electron chi connectivity index (χ2n) is 5.69. The van der Waals surface area contributed by atoms with E-state index < -0.39 is 11.0 Å². The zero-order chi connectivity index (χ0) is 14.9. The first kappa shape index (κ1) is 15.3. The number of carbonyl (C=O) groups excluding carboxylic acids is 1. The molecule has 1 aromatic heterocycles. The van der Waals surface area contributed by atoms with E-state index >= 15 is 0 Å². The Morgan fingerprint density at radius 3 is 2.75 bits per heavy atom. The molecule has 112 valence electrons. The zero-order valence-corrected chi connectivity index (χ0v) is 12.8. The minimum absolute atomic E-state index is 0.152. The third-order valence-corrected chi connectivity index (χ3v) is 3.83. The molecule has 2 heterocycles. The highest BCUT2D eigenvalue weighted by atomic mass is 35.5. The van der Waals surface area contributed by atoms with Gasteiger partial charge in [-0.3, -0.25) is 4.79 Å². The van der Waals surface area contributed by atoms with Gasteiger partial charge >= 0.3 is 0 Å². The third kappa shape index (κ3) is 2.96. The zero-order valence-electron chi connectivity index (χ0n) is 12.1. The highest BCUT2D eigenvalue weighted by Crippen LogP contribution is 2.30. The summed E-state index contributed by atoms with van der Waals surface area (Å²) in [5.41, 5.74) is -0.613. The fourth-order valence-corrected chi connectivity index (χ4v) is 2.57. The van der Waals surface area contributed by atoms with Gasteiger partial charge < -0.3 is 10.0 Å². The second kappa shape index (κ2) is 5.69. The van der Waals surface area contributed by atoms with Crippen LogP contribution in [0.25, 0.3) is 0 Å². The molecule has 6 nitrogen and oxygen atoms in total. The van der Waals surface area contributed by atoms with Gasteiger partial charge in [0.25, 0.3) is 0 Å². The number of aromatic nitrogens is 3. The highest BCUT2D eigenvalue weighted by molar-refractivity contribution is 6.30. The standard InChI is InChI=1S/C13H21ClN4O2/c1-9(2)18-7-11(15-16-18)13(20)5-4-6-17(8-13)12(19)10(3)14/h7,9-10,20H,4-6,8H2,1-3H3. The lowest BCUT2D eigenvalue weighted by atomic mass is 9.90. The Morgan fingerprint density at radius 1 is 1.50 bits per heavy atom. The number of hydrogen-bond donors (Lipinski definition) is 1. The average molecular weight is 301 g/mol. The van der Waals surface area contributed by atoms with Crippen molar-refractivity contribution < 1.29 is 9.90 Å². The monoisotopic (exact) mass is 300 g/mol. The molecule has 20 heavy (non-hydrogen) atoms. The van der Waals surface area contributed by atoms with Gasteiger partial charge in [-0.05, 0) is 33.6 Å². The van der Waals surface area contributed by atoms with Gasteiger partial charge in [-0.2, -0.15) is 0 Å².